The Hall–Kier alpha value is -1.88. The lowest BCUT2D eigenvalue weighted by molar-refractivity contribution is 0.127. The van der Waals surface area contributed by atoms with Gasteiger partial charge in [0.2, 0.25) is 0 Å². The Labute approximate surface area is 131 Å². The van der Waals surface area contributed by atoms with E-state index in [4.69, 9.17) is 4.74 Å². The Kier molecular flexibility index (Phi) is 5.06. The molecule has 0 radical (unpaired) electrons. The second-order valence-electron chi connectivity index (χ2n) is 6.14. The van der Waals surface area contributed by atoms with E-state index in [1.165, 1.54) is 24.9 Å². The Morgan fingerprint density at radius 1 is 1.23 bits per heavy atom. The molecule has 0 N–H and O–H groups in total. The van der Waals surface area contributed by atoms with Crippen molar-refractivity contribution in [3.63, 3.8) is 0 Å². The van der Waals surface area contributed by atoms with E-state index in [0.29, 0.717) is 5.92 Å². The minimum absolute atomic E-state index is 0.621. The topological polar surface area (TPSA) is 43.2 Å². The van der Waals surface area contributed by atoms with Crippen molar-refractivity contribution in [1.29, 1.82) is 0 Å². The number of piperidine rings is 1. The molecule has 1 aliphatic rings. The summed E-state index contributed by atoms with van der Waals surface area (Å²) in [5.74, 6) is 1.61. The van der Waals surface area contributed by atoms with Gasteiger partial charge in [0.05, 0.1) is 6.61 Å². The zero-order valence-electron chi connectivity index (χ0n) is 13.2. The fourth-order valence-electron chi connectivity index (χ4n) is 3.00. The van der Waals surface area contributed by atoms with E-state index in [0.717, 1.165) is 32.0 Å². The molecule has 118 valence electrons. The van der Waals surface area contributed by atoms with Crippen LogP contribution in [0.2, 0.25) is 0 Å². The minimum Gasteiger partial charge on any atom is -0.493 e. The molecule has 2 heterocycles. The molecule has 1 aliphatic heterocycles. The van der Waals surface area contributed by atoms with Crippen LogP contribution < -0.4 is 4.74 Å². The summed E-state index contributed by atoms with van der Waals surface area (Å²) in [5, 5.41) is 7.69. The number of ether oxygens (including phenoxy) is 1. The van der Waals surface area contributed by atoms with Crippen LogP contribution in [0, 0.1) is 12.8 Å². The molecule has 1 saturated heterocycles. The van der Waals surface area contributed by atoms with E-state index < -0.39 is 0 Å². The Balaban J connectivity index is 1.44. The first kappa shape index (κ1) is 15.0. The van der Waals surface area contributed by atoms with Crippen LogP contribution in [0.15, 0.2) is 36.9 Å². The fourth-order valence-corrected chi connectivity index (χ4v) is 3.00. The number of rotatable bonds is 6. The van der Waals surface area contributed by atoms with Gasteiger partial charge in [-0.1, -0.05) is 12.1 Å². The standard InChI is InChI=1S/C17H24N4O/c1-15-4-2-6-17(10-15)22-12-16-5-3-7-20(11-16)8-9-21-13-18-19-14-21/h2,4,6,10,13-14,16H,3,5,7-9,11-12H2,1H3/t16-/m1/s1. The highest BCUT2D eigenvalue weighted by Crippen LogP contribution is 2.19. The second-order valence-corrected chi connectivity index (χ2v) is 6.14. The van der Waals surface area contributed by atoms with Crippen LogP contribution in [0.3, 0.4) is 0 Å². The molecule has 1 aromatic carbocycles. The highest BCUT2D eigenvalue weighted by molar-refractivity contribution is 5.27. The van der Waals surface area contributed by atoms with Gasteiger partial charge in [-0.25, -0.2) is 0 Å². The molecule has 22 heavy (non-hydrogen) atoms. The fraction of sp³-hybridized carbons (Fsp3) is 0.529. The van der Waals surface area contributed by atoms with Gasteiger partial charge in [0.25, 0.3) is 0 Å². The van der Waals surface area contributed by atoms with Crippen LogP contribution in [0.5, 0.6) is 5.75 Å². The minimum atomic E-state index is 0.621. The SMILES string of the molecule is Cc1cccc(OC[C@@H]2CCCN(CCn3cnnc3)C2)c1. The molecule has 5 heteroatoms. The van der Waals surface area contributed by atoms with Crippen molar-refractivity contribution in [3.05, 3.63) is 42.5 Å². The Morgan fingerprint density at radius 3 is 2.91 bits per heavy atom. The van der Waals surface area contributed by atoms with E-state index >= 15 is 0 Å². The molecule has 0 amide bonds. The van der Waals surface area contributed by atoms with Gasteiger partial charge in [-0.15, -0.1) is 10.2 Å². The van der Waals surface area contributed by atoms with Crippen LogP contribution in [0.1, 0.15) is 18.4 Å². The predicted octanol–water partition coefficient (Wildman–Crippen LogP) is 2.38. The van der Waals surface area contributed by atoms with Gasteiger partial charge in [-0.2, -0.15) is 0 Å². The average molecular weight is 300 g/mol. The molecule has 5 nitrogen and oxygen atoms in total. The van der Waals surface area contributed by atoms with E-state index in [1.54, 1.807) is 12.7 Å². The molecule has 0 bridgehead atoms. The van der Waals surface area contributed by atoms with Gasteiger partial charge < -0.3 is 14.2 Å². The largest absolute Gasteiger partial charge is 0.493 e. The predicted molar refractivity (Wildman–Crippen MR) is 85.9 cm³/mol. The number of likely N-dealkylation sites (tertiary alicyclic amines) is 1. The summed E-state index contributed by atoms with van der Waals surface area (Å²) in [6, 6.07) is 8.30. The lowest BCUT2D eigenvalue weighted by Crippen LogP contribution is -2.39. The van der Waals surface area contributed by atoms with Crippen LogP contribution in [-0.2, 0) is 6.54 Å². The first-order chi connectivity index (χ1) is 10.8. The molecule has 2 aromatic rings. The van der Waals surface area contributed by atoms with Crippen molar-refractivity contribution in [2.45, 2.75) is 26.3 Å². The van der Waals surface area contributed by atoms with Crippen molar-refractivity contribution in [2.24, 2.45) is 5.92 Å². The summed E-state index contributed by atoms with van der Waals surface area (Å²) in [4.78, 5) is 2.52. The van der Waals surface area contributed by atoms with Crippen molar-refractivity contribution in [2.75, 3.05) is 26.2 Å². The third-order valence-corrected chi connectivity index (χ3v) is 4.22. The molecule has 1 atom stereocenters. The lowest BCUT2D eigenvalue weighted by Gasteiger charge is -2.32. The maximum atomic E-state index is 5.97. The smallest absolute Gasteiger partial charge is 0.119 e. The van der Waals surface area contributed by atoms with Crippen molar-refractivity contribution >= 4 is 0 Å². The van der Waals surface area contributed by atoms with E-state index in [9.17, 15) is 0 Å². The van der Waals surface area contributed by atoms with Gasteiger partial charge in [-0.3, -0.25) is 0 Å². The van der Waals surface area contributed by atoms with Crippen LogP contribution in [0.25, 0.3) is 0 Å². The Morgan fingerprint density at radius 2 is 2.09 bits per heavy atom. The lowest BCUT2D eigenvalue weighted by atomic mass is 9.99. The van der Waals surface area contributed by atoms with Crippen molar-refractivity contribution in [3.8, 4) is 5.75 Å². The third-order valence-electron chi connectivity index (χ3n) is 4.22. The summed E-state index contributed by atoms with van der Waals surface area (Å²) in [7, 11) is 0. The number of hydrogen-bond donors (Lipinski definition) is 0. The molecule has 1 fully saturated rings. The molecule has 0 aliphatic carbocycles. The zero-order chi connectivity index (χ0) is 15.2. The normalized spacial score (nSPS) is 19.2. The molecule has 0 unspecified atom stereocenters. The maximum absolute atomic E-state index is 5.97. The number of aryl methyl sites for hydroxylation is 1. The highest BCUT2D eigenvalue weighted by atomic mass is 16.5. The first-order valence-electron chi connectivity index (χ1n) is 8.04. The third kappa shape index (κ3) is 4.31. The van der Waals surface area contributed by atoms with Gasteiger partial charge >= 0.3 is 0 Å². The van der Waals surface area contributed by atoms with Gasteiger partial charge in [0.1, 0.15) is 18.4 Å². The summed E-state index contributed by atoms with van der Waals surface area (Å²) in [5.41, 5.74) is 1.25. The molecule has 3 rings (SSSR count). The van der Waals surface area contributed by atoms with E-state index in [-0.39, 0.29) is 0 Å². The molecule has 0 saturated carbocycles. The summed E-state index contributed by atoms with van der Waals surface area (Å²) in [6.07, 6.45) is 6.07. The number of benzene rings is 1. The maximum Gasteiger partial charge on any atom is 0.119 e. The van der Waals surface area contributed by atoms with Gasteiger partial charge in [-0.05, 0) is 44.0 Å². The van der Waals surface area contributed by atoms with Crippen LogP contribution in [0.4, 0.5) is 0 Å². The van der Waals surface area contributed by atoms with Crippen LogP contribution in [-0.4, -0.2) is 45.9 Å². The highest BCUT2D eigenvalue weighted by Gasteiger charge is 2.20. The number of nitrogens with zero attached hydrogens (tertiary/aromatic N) is 4. The van der Waals surface area contributed by atoms with E-state index in [2.05, 4.69) is 40.2 Å². The summed E-state index contributed by atoms with van der Waals surface area (Å²) >= 11 is 0. The van der Waals surface area contributed by atoms with Crippen LogP contribution >= 0.6 is 0 Å². The van der Waals surface area contributed by atoms with Gasteiger partial charge in [0, 0.05) is 25.6 Å². The second kappa shape index (κ2) is 7.40. The Bertz CT molecular complexity index is 570. The summed E-state index contributed by atoms with van der Waals surface area (Å²) in [6.45, 7) is 7.22. The quantitative estimate of drug-likeness (QED) is 0.821. The molecule has 1 aromatic heterocycles. The van der Waals surface area contributed by atoms with Gasteiger partial charge in [0.15, 0.2) is 0 Å². The molecular formula is C17H24N4O. The number of hydrogen-bond acceptors (Lipinski definition) is 4. The number of aromatic nitrogens is 3. The average Bonchev–Trinajstić information content (AvgIpc) is 3.05. The molecular weight excluding hydrogens is 276 g/mol. The zero-order valence-corrected chi connectivity index (χ0v) is 13.2. The van der Waals surface area contributed by atoms with Crippen molar-refractivity contribution in [1.82, 2.24) is 19.7 Å². The van der Waals surface area contributed by atoms with E-state index in [1.807, 2.05) is 10.6 Å². The monoisotopic (exact) mass is 300 g/mol. The van der Waals surface area contributed by atoms with Crippen molar-refractivity contribution < 1.29 is 4.74 Å². The molecule has 0 spiro atoms. The summed E-state index contributed by atoms with van der Waals surface area (Å²) < 4.78 is 8.01. The first-order valence-corrected chi connectivity index (χ1v) is 8.04.